The largest absolute Gasteiger partial charge is 0.373 e. The summed E-state index contributed by atoms with van der Waals surface area (Å²) in [5.41, 5.74) is 0. The maximum atomic E-state index is 5.62. The minimum atomic E-state index is 0.488. The van der Waals surface area contributed by atoms with Crippen molar-refractivity contribution < 1.29 is 4.74 Å². The molecule has 0 aromatic carbocycles. The highest BCUT2D eigenvalue weighted by molar-refractivity contribution is 14.1. The van der Waals surface area contributed by atoms with Crippen LogP contribution in [0.15, 0.2) is 12.7 Å². The van der Waals surface area contributed by atoms with E-state index in [1.807, 2.05) is 6.08 Å². The quantitative estimate of drug-likeness (QED) is 0.433. The molecule has 1 nitrogen and oxygen atoms in total. The van der Waals surface area contributed by atoms with Gasteiger partial charge in [-0.15, -0.1) is 6.58 Å². The Bertz CT molecular complexity index is 125. The molecule has 2 atom stereocenters. The smallest absolute Gasteiger partial charge is 0.0696 e. The van der Waals surface area contributed by atoms with E-state index in [2.05, 4.69) is 29.2 Å². The standard InChI is InChI=1S/C9H15IO/c1-2-7-11-9-6-4-3-5-8(9)10/h2,8-9H,1,3-7H2/t8-,9-/m1/s1. The third-order valence-corrected chi connectivity index (χ3v) is 3.48. The van der Waals surface area contributed by atoms with Crippen molar-refractivity contribution in [3.63, 3.8) is 0 Å². The topological polar surface area (TPSA) is 9.23 Å². The van der Waals surface area contributed by atoms with Crippen molar-refractivity contribution in [2.24, 2.45) is 0 Å². The SMILES string of the molecule is C=CCO[C@@H]1CCCC[C@H]1I. The van der Waals surface area contributed by atoms with Crippen LogP contribution in [0.3, 0.4) is 0 Å². The second-order valence-corrected chi connectivity index (χ2v) is 4.56. The Balaban J connectivity index is 2.23. The molecule has 64 valence electrons. The summed E-state index contributed by atoms with van der Waals surface area (Å²) in [6.07, 6.45) is 7.59. The fraction of sp³-hybridized carbons (Fsp3) is 0.778. The summed E-state index contributed by atoms with van der Waals surface area (Å²) >= 11 is 2.50. The second-order valence-electron chi connectivity index (χ2n) is 2.96. The molecule has 0 aromatic rings. The van der Waals surface area contributed by atoms with Gasteiger partial charge in [0.25, 0.3) is 0 Å². The Morgan fingerprint density at radius 2 is 2.18 bits per heavy atom. The predicted octanol–water partition coefficient (Wildman–Crippen LogP) is 2.94. The van der Waals surface area contributed by atoms with Gasteiger partial charge in [-0.05, 0) is 12.8 Å². The first-order valence-electron chi connectivity index (χ1n) is 4.21. The van der Waals surface area contributed by atoms with Crippen molar-refractivity contribution in [1.82, 2.24) is 0 Å². The molecule has 0 unspecified atom stereocenters. The summed E-state index contributed by atoms with van der Waals surface area (Å²) < 4.78 is 6.34. The maximum Gasteiger partial charge on any atom is 0.0696 e. The van der Waals surface area contributed by atoms with Gasteiger partial charge in [0.15, 0.2) is 0 Å². The molecule has 1 aliphatic rings. The van der Waals surface area contributed by atoms with Crippen LogP contribution in [0.5, 0.6) is 0 Å². The van der Waals surface area contributed by atoms with Gasteiger partial charge < -0.3 is 4.74 Å². The molecule has 1 saturated carbocycles. The van der Waals surface area contributed by atoms with Crippen LogP contribution in [-0.2, 0) is 4.74 Å². The molecule has 0 aromatic heterocycles. The number of rotatable bonds is 3. The Morgan fingerprint density at radius 3 is 2.82 bits per heavy atom. The maximum absolute atomic E-state index is 5.62. The van der Waals surface area contributed by atoms with E-state index in [0.717, 1.165) is 3.92 Å². The predicted molar refractivity (Wildman–Crippen MR) is 56.2 cm³/mol. The van der Waals surface area contributed by atoms with Crippen molar-refractivity contribution in [2.75, 3.05) is 6.61 Å². The van der Waals surface area contributed by atoms with Gasteiger partial charge in [-0.1, -0.05) is 41.5 Å². The first-order chi connectivity index (χ1) is 5.34. The number of ether oxygens (including phenoxy) is 1. The zero-order valence-corrected chi connectivity index (χ0v) is 8.92. The first-order valence-corrected chi connectivity index (χ1v) is 5.45. The fourth-order valence-electron chi connectivity index (χ4n) is 1.43. The van der Waals surface area contributed by atoms with Gasteiger partial charge in [-0.3, -0.25) is 0 Å². The van der Waals surface area contributed by atoms with Crippen LogP contribution in [0.2, 0.25) is 0 Å². The lowest BCUT2D eigenvalue weighted by Crippen LogP contribution is -2.27. The van der Waals surface area contributed by atoms with Gasteiger partial charge in [0.1, 0.15) is 0 Å². The molecule has 11 heavy (non-hydrogen) atoms. The molecule has 1 aliphatic carbocycles. The number of alkyl halides is 1. The van der Waals surface area contributed by atoms with Crippen LogP contribution < -0.4 is 0 Å². The Kier molecular flexibility index (Phi) is 4.45. The number of hydrogen-bond acceptors (Lipinski definition) is 1. The molecule has 1 fully saturated rings. The zero-order valence-electron chi connectivity index (χ0n) is 6.76. The van der Waals surface area contributed by atoms with Gasteiger partial charge in [-0.2, -0.15) is 0 Å². The highest BCUT2D eigenvalue weighted by Crippen LogP contribution is 2.26. The monoisotopic (exact) mass is 266 g/mol. The molecule has 1 rings (SSSR count). The molecule has 0 radical (unpaired) electrons. The van der Waals surface area contributed by atoms with E-state index in [-0.39, 0.29) is 0 Å². The number of hydrogen-bond donors (Lipinski definition) is 0. The molecule has 0 aliphatic heterocycles. The van der Waals surface area contributed by atoms with Crippen molar-refractivity contribution in [2.45, 2.75) is 35.7 Å². The van der Waals surface area contributed by atoms with Gasteiger partial charge in [0, 0.05) is 3.92 Å². The van der Waals surface area contributed by atoms with Crippen molar-refractivity contribution in [3.8, 4) is 0 Å². The van der Waals surface area contributed by atoms with E-state index in [1.54, 1.807) is 0 Å². The Labute approximate surface area is 82.3 Å². The van der Waals surface area contributed by atoms with Crippen LogP contribution in [0.4, 0.5) is 0 Å². The summed E-state index contributed by atoms with van der Waals surface area (Å²) in [6.45, 7) is 4.36. The summed E-state index contributed by atoms with van der Waals surface area (Å²) in [4.78, 5) is 0. The lowest BCUT2D eigenvalue weighted by Gasteiger charge is -2.26. The average molecular weight is 266 g/mol. The normalized spacial score (nSPS) is 31.7. The van der Waals surface area contributed by atoms with Gasteiger partial charge in [0.2, 0.25) is 0 Å². The zero-order chi connectivity index (χ0) is 8.10. The Hall–Kier alpha value is 0.430. The highest BCUT2D eigenvalue weighted by atomic mass is 127. The van der Waals surface area contributed by atoms with Gasteiger partial charge >= 0.3 is 0 Å². The van der Waals surface area contributed by atoms with Gasteiger partial charge in [0.05, 0.1) is 12.7 Å². The molecule has 0 saturated heterocycles. The van der Waals surface area contributed by atoms with Gasteiger partial charge in [-0.25, -0.2) is 0 Å². The van der Waals surface area contributed by atoms with Crippen LogP contribution in [0, 0.1) is 0 Å². The lowest BCUT2D eigenvalue weighted by atomic mass is 9.98. The summed E-state index contributed by atoms with van der Waals surface area (Å²) in [5.74, 6) is 0. The van der Waals surface area contributed by atoms with E-state index in [4.69, 9.17) is 4.74 Å². The minimum absolute atomic E-state index is 0.488. The summed E-state index contributed by atoms with van der Waals surface area (Å²) in [7, 11) is 0. The van der Waals surface area contributed by atoms with E-state index >= 15 is 0 Å². The van der Waals surface area contributed by atoms with E-state index in [0.29, 0.717) is 12.7 Å². The van der Waals surface area contributed by atoms with Crippen LogP contribution >= 0.6 is 22.6 Å². The van der Waals surface area contributed by atoms with E-state index in [9.17, 15) is 0 Å². The molecular formula is C9H15IO. The minimum Gasteiger partial charge on any atom is -0.373 e. The molecule has 0 amide bonds. The average Bonchev–Trinajstić information content (AvgIpc) is 2.03. The first kappa shape index (κ1) is 9.52. The van der Waals surface area contributed by atoms with E-state index in [1.165, 1.54) is 25.7 Å². The third kappa shape index (κ3) is 3.11. The van der Waals surface area contributed by atoms with Crippen molar-refractivity contribution in [1.29, 1.82) is 0 Å². The Morgan fingerprint density at radius 1 is 1.45 bits per heavy atom. The molecule has 0 bridgehead atoms. The summed E-state index contributed by atoms with van der Waals surface area (Å²) in [6, 6.07) is 0. The highest BCUT2D eigenvalue weighted by Gasteiger charge is 2.22. The van der Waals surface area contributed by atoms with Crippen LogP contribution in [0.25, 0.3) is 0 Å². The third-order valence-electron chi connectivity index (χ3n) is 2.05. The van der Waals surface area contributed by atoms with Crippen molar-refractivity contribution >= 4 is 22.6 Å². The molecule has 2 heteroatoms. The molecule has 0 heterocycles. The summed E-state index contributed by atoms with van der Waals surface area (Å²) in [5, 5.41) is 0. The van der Waals surface area contributed by atoms with E-state index < -0.39 is 0 Å². The molecule has 0 spiro atoms. The van der Waals surface area contributed by atoms with Crippen LogP contribution in [-0.4, -0.2) is 16.6 Å². The molecular weight excluding hydrogens is 251 g/mol. The number of halogens is 1. The second kappa shape index (κ2) is 5.14. The molecule has 0 N–H and O–H groups in total. The van der Waals surface area contributed by atoms with Crippen molar-refractivity contribution in [3.05, 3.63) is 12.7 Å². The lowest BCUT2D eigenvalue weighted by molar-refractivity contribution is 0.0553. The fourth-order valence-corrected chi connectivity index (χ4v) is 2.44. The van der Waals surface area contributed by atoms with Crippen LogP contribution in [0.1, 0.15) is 25.7 Å².